The van der Waals surface area contributed by atoms with E-state index in [1.165, 1.54) is 82.2 Å². The number of fused-ring (bicyclic) bond motifs is 13. The maximum atomic E-state index is 9.21. The molecule has 360 valence electrons. The van der Waals surface area contributed by atoms with Crippen LogP contribution in [0.5, 0.6) is 0 Å². The van der Waals surface area contributed by atoms with Gasteiger partial charge in [0.15, 0.2) is 0 Å². The molecule has 0 saturated heterocycles. The normalized spacial score (nSPS) is 15.6. The Kier molecular flexibility index (Phi) is 6.78. The van der Waals surface area contributed by atoms with E-state index in [1.807, 2.05) is 0 Å². The Balaban J connectivity index is 0.000000176. The fraction of sp³-hybridized carbons (Fsp3) is 0.0263. The van der Waals surface area contributed by atoms with Crippen LogP contribution in [0.25, 0.3) is 130 Å². The molecule has 1 heterocycles. The molecule has 0 radical (unpaired) electrons. The van der Waals surface area contributed by atoms with Crippen LogP contribution < -0.4 is 0 Å². The van der Waals surface area contributed by atoms with Crippen molar-refractivity contribution in [2.24, 2.45) is 0 Å². The van der Waals surface area contributed by atoms with Crippen LogP contribution in [0.15, 0.2) is 283 Å². The molecular formula is C76H50O. The van der Waals surface area contributed by atoms with Crippen LogP contribution in [0.4, 0.5) is 0 Å². The van der Waals surface area contributed by atoms with Gasteiger partial charge in [0.25, 0.3) is 0 Å². The van der Waals surface area contributed by atoms with Crippen LogP contribution in [-0.4, -0.2) is 0 Å². The summed E-state index contributed by atoms with van der Waals surface area (Å²) in [4.78, 5) is 0. The Morgan fingerprint density at radius 3 is 1.52 bits per heavy atom. The molecule has 0 unspecified atom stereocenters. The fourth-order valence-corrected chi connectivity index (χ4v) is 11.5. The van der Waals surface area contributed by atoms with Gasteiger partial charge >= 0.3 is 0 Å². The zero-order valence-corrected chi connectivity index (χ0v) is 40.8. The third-order valence-electron chi connectivity index (χ3n) is 14.7. The van der Waals surface area contributed by atoms with Gasteiger partial charge < -0.3 is 4.42 Å². The molecule has 0 aliphatic carbocycles. The monoisotopic (exact) mass is 1000 g/mol. The molecule has 1 aromatic heterocycles. The first-order valence-electron chi connectivity index (χ1n) is 35.6. The minimum absolute atomic E-state index is 0.000228. The summed E-state index contributed by atoms with van der Waals surface area (Å²) in [7, 11) is 0. The van der Waals surface area contributed by atoms with Crippen molar-refractivity contribution < 1.29 is 33.2 Å². The molecule has 0 fully saturated rings. The molecule has 0 aliphatic rings. The van der Waals surface area contributed by atoms with E-state index in [2.05, 4.69) is 146 Å². The van der Waals surface area contributed by atoms with Gasteiger partial charge in [0.2, 0.25) is 0 Å². The molecule has 1 nitrogen and oxygen atoms in total. The third-order valence-corrected chi connectivity index (χ3v) is 14.7. The second-order valence-corrected chi connectivity index (χ2v) is 18.9. The van der Waals surface area contributed by atoms with Crippen molar-refractivity contribution in [3.63, 3.8) is 0 Å². The number of hydrogen-bond donors (Lipinski definition) is 0. The second-order valence-electron chi connectivity index (χ2n) is 18.9. The fourth-order valence-electron chi connectivity index (χ4n) is 11.5. The Morgan fingerprint density at radius 2 is 0.844 bits per heavy atom. The van der Waals surface area contributed by atoms with Gasteiger partial charge in [-0.1, -0.05) is 254 Å². The smallest absolute Gasteiger partial charge is 0.136 e. The summed E-state index contributed by atoms with van der Waals surface area (Å²) in [6.45, 7) is 0. The van der Waals surface area contributed by atoms with E-state index in [0.717, 1.165) is 0 Å². The summed E-state index contributed by atoms with van der Waals surface area (Å²) in [5.41, 5.74) is 3.72. The van der Waals surface area contributed by atoms with E-state index in [0.29, 0.717) is 0 Å². The molecule has 16 rings (SSSR count). The van der Waals surface area contributed by atoms with E-state index in [9.17, 15) is 4.11 Å². The molecule has 15 aromatic carbocycles. The van der Waals surface area contributed by atoms with Gasteiger partial charge in [-0.2, -0.15) is 0 Å². The highest BCUT2D eigenvalue weighted by molar-refractivity contribution is 6.28. The lowest BCUT2D eigenvalue weighted by Gasteiger charge is -2.20. The Labute approximate surface area is 476 Å². The van der Waals surface area contributed by atoms with Crippen molar-refractivity contribution >= 4 is 108 Å². The second kappa shape index (κ2) is 18.5. The number of rotatable bonds is 6. The molecule has 77 heavy (non-hydrogen) atoms. The summed E-state index contributed by atoms with van der Waals surface area (Å²) in [5.74, 6) is 0. The van der Waals surface area contributed by atoms with Gasteiger partial charge in [-0.3, -0.25) is 0 Å². The van der Waals surface area contributed by atoms with Crippen molar-refractivity contribution in [2.75, 3.05) is 0 Å². The SMILES string of the molecule is [2H]c1c([2H])c([2H])c(Cc2c3c([2H])c([2H])c([2H])c([2H])c3c(Cc3c([2H])c([2H])c([2H])c4oc5c([2H])c6c([2H])c([2H])c([2H])c([2H])c6cc5c34)c3c([2H])c([2H])c([2H])c([2H])c23)c([2H])c1[2H].c1ccc(-c2c3ccccc3c(-c3cc4ccc5ccccc5c4c4ccccc34)c3ccccc23)cc1. The predicted octanol–water partition coefficient (Wildman–Crippen LogP) is 21.0. The molecular weight excluding hydrogens is 929 g/mol. The van der Waals surface area contributed by atoms with Crippen LogP contribution in [-0.2, 0) is 12.8 Å². The summed E-state index contributed by atoms with van der Waals surface area (Å²) in [6.07, 6.45) is -1.27. The van der Waals surface area contributed by atoms with E-state index in [1.54, 1.807) is 0 Å². The molecule has 0 bridgehead atoms. The summed E-state index contributed by atoms with van der Waals surface area (Å²) in [5, 5.41) is 11.4. The Morgan fingerprint density at radius 1 is 0.312 bits per heavy atom. The molecule has 0 N–H and O–H groups in total. The molecule has 0 spiro atoms. The molecule has 0 saturated carbocycles. The van der Waals surface area contributed by atoms with Gasteiger partial charge in [-0.05, 0) is 168 Å². The summed E-state index contributed by atoms with van der Waals surface area (Å²) in [6, 6.07) is 40.8. The first-order valence-corrected chi connectivity index (χ1v) is 25.1. The minimum Gasteiger partial charge on any atom is -0.456 e. The van der Waals surface area contributed by atoms with Gasteiger partial charge in [0, 0.05) is 10.8 Å². The number of hydrogen-bond acceptors (Lipinski definition) is 1. The highest BCUT2D eigenvalue weighted by Gasteiger charge is 2.21. The zero-order valence-electron chi connectivity index (χ0n) is 61.8. The quantitative estimate of drug-likeness (QED) is 0.120. The molecule has 0 aliphatic heterocycles. The minimum atomic E-state index is -0.755. The van der Waals surface area contributed by atoms with Crippen molar-refractivity contribution in [1.29, 1.82) is 0 Å². The number of furan rings is 1. The third kappa shape index (κ3) is 7.54. The van der Waals surface area contributed by atoms with E-state index >= 15 is 0 Å². The molecule has 1 heteroatoms. The van der Waals surface area contributed by atoms with Gasteiger partial charge in [-0.15, -0.1) is 0 Å². The maximum Gasteiger partial charge on any atom is 0.136 e. The van der Waals surface area contributed by atoms with Crippen molar-refractivity contribution in [3.8, 4) is 22.3 Å². The van der Waals surface area contributed by atoms with E-state index in [4.69, 9.17) is 29.1 Å². The maximum absolute atomic E-state index is 9.21. The highest BCUT2D eigenvalue weighted by Crippen LogP contribution is 2.47. The van der Waals surface area contributed by atoms with Crippen LogP contribution in [0.2, 0.25) is 0 Å². The Bertz CT molecular complexity index is 6100. The van der Waals surface area contributed by atoms with Crippen molar-refractivity contribution in [3.05, 3.63) is 301 Å². The van der Waals surface area contributed by atoms with Gasteiger partial charge in [0.05, 0.1) is 28.8 Å². The largest absolute Gasteiger partial charge is 0.456 e. The summed E-state index contributed by atoms with van der Waals surface area (Å²) < 4.78 is 189. The van der Waals surface area contributed by atoms with Crippen LogP contribution in [0.1, 0.15) is 51.0 Å². The molecule has 0 atom stereocenters. The van der Waals surface area contributed by atoms with Crippen LogP contribution >= 0.6 is 0 Å². The average Bonchev–Trinajstić information content (AvgIpc) is 0.733. The van der Waals surface area contributed by atoms with E-state index in [-0.39, 0.29) is 76.5 Å². The lowest BCUT2D eigenvalue weighted by atomic mass is 9.83. The first-order chi connectivity index (χ1) is 46.9. The average molecular weight is 1000 g/mol. The van der Waals surface area contributed by atoms with Crippen molar-refractivity contribution in [1.82, 2.24) is 0 Å². The summed E-state index contributed by atoms with van der Waals surface area (Å²) >= 11 is 0. The highest BCUT2D eigenvalue weighted by atomic mass is 16.3. The standard InChI is InChI=1S/C38H26O.C38H24/c1-2-11-25(12-3-1)21-33-29-16-6-8-18-31(29)34(32-19-9-7-17-30(32)33)23-28-15-10-20-36-38(28)35-22-26-13-4-5-14-27(26)24-37(35)39-36;1-2-13-26(14-3-1)36-31-18-8-10-20-33(31)38(34-21-11-9-19-32(34)36)35-24-27-23-22-25-12-4-5-15-28(25)37(27)30-17-7-6-16-29(30)35/h1-20,22,24H,21,23H2;1-24H/i1D,2D,3D,4D,5D,6D,7D,8D,9D,10D,11D,12D,13D,14D,15D,16D,17D,18D,19D,20D,24D;. The predicted molar refractivity (Wildman–Crippen MR) is 330 cm³/mol. The topological polar surface area (TPSA) is 13.1 Å². The van der Waals surface area contributed by atoms with Crippen LogP contribution in [0.3, 0.4) is 0 Å². The number of benzene rings is 15. The lowest BCUT2D eigenvalue weighted by molar-refractivity contribution is 0.669. The van der Waals surface area contributed by atoms with E-state index < -0.39 is 140 Å². The Hall–Kier alpha value is -9.82. The van der Waals surface area contributed by atoms with Gasteiger partial charge in [-0.25, -0.2) is 0 Å². The first kappa shape index (κ1) is 28.2. The lowest BCUT2D eigenvalue weighted by Crippen LogP contribution is -1.98. The van der Waals surface area contributed by atoms with Crippen molar-refractivity contribution in [2.45, 2.75) is 12.8 Å². The van der Waals surface area contributed by atoms with Gasteiger partial charge in [0.1, 0.15) is 11.2 Å². The molecule has 0 amide bonds. The molecule has 16 aromatic rings. The van der Waals surface area contributed by atoms with Crippen LogP contribution in [0, 0.1) is 0 Å². The zero-order chi connectivity index (χ0) is 69.1.